The highest BCUT2D eigenvalue weighted by Crippen LogP contribution is 2.24. The molecule has 0 atom stereocenters. The topological polar surface area (TPSA) is 54.9 Å². The Hall–Kier alpha value is -3.01. The van der Waals surface area contributed by atoms with Crippen molar-refractivity contribution < 1.29 is 4.79 Å². The maximum Gasteiger partial charge on any atom is 0.257 e. The van der Waals surface area contributed by atoms with Gasteiger partial charge in [-0.2, -0.15) is 0 Å². The number of anilines is 1. The van der Waals surface area contributed by atoms with Crippen LogP contribution >= 0.6 is 0 Å². The van der Waals surface area contributed by atoms with Gasteiger partial charge < -0.3 is 5.32 Å². The molecule has 0 bridgehead atoms. The second-order valence-electron chi connectivity index (χ2n) is 4.96. The Morgan fingerprint density at radius 3 is 2.45 bits per heavy atom. The standard InChI is InChI=1S/C18H15N3O/c1-13-11-15(14-6-9-19-10-7-14)4-5-17(13)21-18(22)16-3-2-8-20-12-16/h2-12H,1H3,(H,21,22). The fourth-order valence-electron chi connectivity index (χ4n) is 2.22. The van der Waals surface area contributed by atoms with Gasteiger partial charge >= 0.3 is 0 Å². The maximum absolute atomic E-state index is 12.2. The van der Waals surface area contributed by atoms with Crippen LogP contribution in [0.1, 0.15) is 15.9 Å². The predicted octanol–water partition coefficient (Wildman–Crippen LogP) is 3.70. The van der Waals surface area contributed by atoms with Crippen LogP contribution in [-0.4, -0.2) is 15.9 Å². The summed E-state index contributed by atoms with van der Waals surface area (Å²) in [5, 5.41) is 2.91. The molecule has 0 fully saturated rings. The molecule has 3 aromatic rings. The van der Waals surface area contributed by atoms with Crippen molar-refractivity contribution in [3.05, 3.63) is 78.4 Å². The van der Waals surface area contributed by atoms with Crippen molar-refractivity contribution in [1.82, 2.24) is 9.97 Å². The van der Waals surface area contributed by atoms with Gasteiger partial charge in [-0.15, -0.1) is 0 Å². The lowest BCUT2D eigenvalue weighted by atomic mass is 10.0. The number of rotatable bonds is 3. The van der Waals surface area contributed by atoms with E-state index in [1.165, 1.54) is 0 Å². The van der Waals surface area contributed by atoms with Gasteiger partial charge in [-0.1, -0.05) is 6.07 Å². The van der Waals surface area contributed by atoms with Crippen LogP contribution in [0.3, 0.4) is 0 Å². The van der Waals surface area contributed by atoms with Crippen LogP contribution in [0.15, 0.2) is 67.3 Å². The molecule has 4 nitrogen and oxygen atoms in total. The van der Waals surface area contributed by atoms with Gasteiger partial charge in [0.05, 0.1) is 5.56 Å². The number of benzene rings is 1. The highest BCUT2D eigenvalue weighted by molar-refractivity contribution is 6.04. The van der Waals surface area contributed by atoms with E-state index in [9.17, 15) is 4.79 Å². The van der Waals surface area contributed by atoms with Crippen molar-refractivity contribution in [3.63, 3.8) is 0 Å². The minimum absolute atomic E-state index is 0.159. The highest BCUT2D eigenvalue weighted by atomic mass is 16.1. The molecule has 22 heavy (non-hydrogen) atoms. The van der Waals surface area contributed by atoms with Crippen LogP contribution in [0.25, 0.3) is 11.1 Å². The number of nitrogens with one attached hydrogen (secondary N) is 1. The first-order valence-corrected chi connectivity index (χ1v) is 6.96. The van der Waals surface area contributed by atoms with Crippen LogP contribution in [-0.2, 0) is 0 Å². The number of nitrogens with zero attached hydrogens (tertiary/aromatic N) is 2. The van der Waals surface area contributed by atoms with Crippen LogP contribution < -0.4 is 5.32 Å². The zero-order chi connectivity index (χ0) is 15.4. The molecule has 0 aliphatic heterocycles. The van der Waals surface area contributed by atoms with E-state index in [2.05, 4.69) is 15.3 Å². The molecule has 3 rings (SSSR count). The molecule has 1 N–H and O–H groups in total. The molecular formula is C18H15N3O. The van der Waals surface area contributed by atoms with Gasteiger partial charge in [-0.25, -0.2) is 0 Å². The summed E-state index contributed by atoms with van der Waals surface area (Å²) in [6.45, 7) is 1.98. The first-order chi connectivity index (χ1) is 10.7. The summed E-state index contributed by atoms with van der Waals surface area (Å²) in [5.74, 6) is -0.159. The summed E-state index contributed by atoms with van der Waals surface area (Å²) in [6.07, 6.45) is 6.73. The molecule has 0 aliphatic rings. The third-order valence-electron chi connectivity index (χ3n) is 3.41. The molecular weight excluding hydrogens is 274 g/mol. The smallest absolute Gasteiger partial charge is 0.257 e. The Balaban J connectivity index is 1.83. The summed E-state index contributed by atoms with van der Waals surface area (Å²) in [6, 6.07) is 13.4. The molecule has 2 aromatic heterocycles. The van der Waals surface area contributed by atoms with E-state index in [-0.39, 0.29) is 5.91 Å². The van der Waals surface area contributed by atoms with Gasteiger partial charge in [0, 0.05) is 30.5 Å². The molecule has 0 aliphatic carbocycles. The van der Waals surface area contributed by atoms with Gasteiger partial charge in [0.15, 0.2) is 0 Å². The SMILES string of the molecule is Cc1cc(-c2ccncc2)ccc1NC(=O)c1cccnc1. The second kappa shape index (κ2) is 6.18. The van der Waals surface area contributed by atoms with E-state index in [1.54, 1.807) is 36.9 Å². The average Bonchev–Trinajstić information content (AvgIpc) is 2.58. The fourth-order valence-corrected chi connectivity index (χ4v) is 2.22. The number of pyridine rings is 2. The van der Waals surface area contributed by atoms with Gasteiger partial charge in [-0.3, -0.25) is 14.8 Å². The van der Waals surface area contributed by atoms with Crippen molar-refractivity contribution >= 4 is 11.6 Å². The minimum Gasteiger partial charge on any atom is -0.322 e. The Kier molecular flexibility index (Phi) is 3.92. The fraction of sp³-hybridized carbons (Fsp3) is 0.0556. The first-order valence-electron chi connectivity index (χ1n) is 6.96. The number of aromatic nitrogens is 2. The Morgan fingerprint density at radius 1 is 0.955 bits per heavy atom. The number of aryl methyl sites for hydroxylation is 1. The van der Waals surface area contributed by atoms with Gasteiger partial charge in [-0.05, 0) is 60.0 Å². The van der Waals surface area contributed by atoms with Gasteiger partial charge in [0.2, 0.25) is 0 Å². The number of carbonyl (C=O) groups is 1. The van der Waals surface area contributed by atoms with E-state index in [4.69, 9.17) is 0 Å². The quantitative estimate of drug-likeness (QED) is 0.799. The Labute approximate surface area is 128 Å². The Bertz CT molecular complexity index is 786. The van der Waals surface area contributed by atoms with Crippen molar-refractivity contribution in [2.24, 2.45) is 0 Å². The lowest BCUT2D eigenvalue weighted by Gasteiger charge is -2.10. The summed E-state index contributed by atoms with van der Waals surface area (Å²) < 4.78 is 0. The summed E-state index contributed by atoms with van der Waals surface area (Å²) in [5.41, 5.74) is 4.54. The van der Waals surface area contributed by atoms with Gasteiger partial charge in [0.1, 0.15) is 0 Å². The monoisotopic (exact) mass is 289 g/mol. The molecule has 4 heteroatoms. The molecule has 1 amide bonds. The third-order valence-corrected chi connectivity index (χ3v) is 3.41. The third kappa shape index (κ3) is 3.01. The normalized spacial score (nSPS) is 10.2. The molecule has 108 valence electrons. The highest BCUT2D eigenvalue weighted by Gasteiger charge is 2.08. The number of hydrogen-bond donors (Lipinski definition) is 1. The number of amides is 1. The van der Waals surface area contributed by atoms with E-state index >= 15 is 0 Å². The molecule has 1 aromatic carbocycles. The van der Waals surface area contributed by atoms with Crippen LogP contribution in [0.2, 0.25) is 0 Å². The van der Waals surface area contributed by atoms with E-state index in [1.807, 2.05) is 37.3 Å². The average molecular weight is 289 g/mol. The summed E-state index contributed by atoms with van der Waals surface area (Å²) >= 11 is 0. The van der Waals surface area contributed by atoms with E-state index in [0.29, 0.717) is 5.56 Å². The number of carbonyl (C=O) groups excluding carboxylic acids is 1. The zero-order valence-corrected chi connectivity index (χ0v) is 12.2. The van der Waals surface area contributed by atoms with Gasteiger partial charge in [0.25, 0.3) is 5.91 Å². The largest absolute Gasteiger partial charge is 0.322 e. The summed E-state index contributed by atoms with van der Waals surface area (Å²) in [7, 11) is 0. The second-order valence-corrected chi connectivity index (χ2v) is 4.96. The lowest BCUT2D eigenvalue weighted by molar-refractivity contribution is 0.102. The predicted molar refractivity (Wildman–Crippen MR) is 86.6 cm³/mol. The van der Waals surface area contributed by atoms with Crippen LogP contribution in [0.5, 0.6) is 0 Å². The first kappa shape index (κ1) is 13.9. The Morgan fingerprint density at radius 2 is 1.77 bits per heavy atom. The van der Waals surface area contributed by atoms with Crippen molar-refractivity contribution in [2.75, 3.05) is 5.32 Å². The molecule has 2 heterocycles. The number of hydrogen-bond acceptors (Lipinski definition) is 3. The van der Waals surface area contributed by atoms with Crippen molar-refractivity contribution in [3.8, 4) is 11.1 Å². The molecule has 0 saturated carbocycles. The van der Waals surface area contributed by atoms with Crippen LogP contribution in [0, 0.1) is 6.92 Å². The molecule has 0 saturated heterocycles. The van der Waals surface area contributed by atoms with Crippen molar-refractivity contribution in [1.29, 1.82) is 0 Å². The van der Waals surface area contributed by atoms with E-state index < -0.39 is 0 Å². The molecule has 0 unspecified atom stereocenters. The maximum atomic E-state index is 12.2. The minimum atomic E-state index is -0.159. The van der Waals surface area contributed by atoms with Crippen LogP contribution in [0.4, 0.5) is 5.69 Å². The molecule has 0 spiro atoms. The van der Waals surface area contributed by atoms with Crippen molar-refractivity contribution in [2.45, 2.75) is 6.92 Å². The zero-order valence-electron chi connectivity index (χ0n) is 12.2. The summed E-state index contributed by atoms with van der Waals surface area (Å²) in [4.78, 5) is 20.1. The lowest BCUT2D eigenvalue weighted by Crippen LogP contribution is -2.12. The molecule has 0 radical (unpaired) electrons. The van der Waals surface area contributed by atoms with E-state index in [0.717, 1.165) is 22.4 Å².